The monoisotopic (exact) mass is 308 g/mol. The van der Waals surface area contributed by atoms with Crippen LogP contribution in [0.4, 0.5) is 14.5 Å². The maximum absolute atomic E-state index is 13.5. The molecule has 1 aromatic carbocycles. The Kier molecular flexibility index (Phi) is 5.21. The molecule has 0 bridgehead atoms. The van der Waals surface area contributed by atoms with E-state index in [0.29, 0.717) is 6.54 Å². The van der Waals surface area contributed by atoms with Gasteiger partial charge in [-0.2, -0.15) is 5.10 Å². The maximum Gasteiger partial charge on any atom is 0.238 e. The third kappa shape index (κ3) is 4.36. The number of amides is 1. The minimum absolute atomic E-state index is 0.0291. The minimum atomic E-state index is -0.791. The van der Waals surface area contributed by atoms with Crippen LogP contribution >= 0.6 is 0 Å². The molecule has 5 nitrogen and oxygen atoms in total. The fraction of sp³-hybridized carbons (Fsp3) is 0.333. The summed E-state index contributed by atoms with van der Waals surface area (Å²) in [6, 6.07) is 3.04. The number of nitrogens with one attached hydrogen (secondary N) is 1. The number of benzene rings is 1. The lowest BCUT2D eigenvalue weighted by molar-refractivity contribution is -0.117. The molecule has 0 saturated carbocycles. The second-order valence-electron chi connectivity index (χ2n) is 5.05. The standard InChI is InChI=1S/C15H18F2N4O/c1-3-21-9-11(7-18-21)8-20(2)10-15(22)19-14-5-4-12(16)6-13(14)17/h4-7,9H,3,8,10H2,1-2H3,(H,19,22). The third-order valence-electron chi connectivity index (χ3n) is 3.08. The van der Waals surface area contributed by atoms with Gasteiger partial charge in [-0.1, -0.05) is 0 Å². The summed E-state index contributed by atoms with van der Waals surface area (Å²) in [6.07, 6.45) is 3.66. The summed E-state index contributed by atoms with van der Waals surface area (Å²) in [5, 5.41) is 6.59. The maximum atomic E-state index is 13.5. The van der Waals surface area contributed by atoms with Crippen LogP contribution in [0.3, 0.4) is 0 Å². The molecule has 2 aromatic rings. The van der Waals surface area contributed by atoms with Gasteiger partial charge in [0.2, 0.25) is 5.91 Å². The summed E-state index contributed by atoms with van der Waals surface area (Å²) in [6.45, 7) is 3.42. The second kappa shape index (κ2) is 7.13. The lowest BCUT2D eigenvalue weighted by atomic mass is 10.3. The smallest absolute Gasteiger partial charge is 0.238 e. The van der Waals surface area contributed by atoms with Crippen LogP contribution in [0.25, 0.3) is 0 Å². The van der Waals surface area contributed by atoms with Gasteiger partial charge in [0.15, 0.2) is 0 Å². The summed E-state index contributed by atoms with van der Waals surface area (Å²) < 4.78 is 28.1. The normalized spacial score (nSPS) is 11.0. The van der Waals surface area contributed by atoms with Gasteiger partial charge in [-0.3, -0.25) is 14.4 Å². The fourth-order valence-corrected chi connectivity index (χ4v) is 2.05. The number of aromatic nitrogens is 2. The van der Waals surface area contributed by atoms with E-state index >= 15 is 0 Å². The molecule has 0 aliphatic rings. The van der Waals surface area contributed by atoms with Crippen molar-refractivity contribution in [3.8, 4) is 0 Å². The van der Waals surface area contributed by atoms with Gasteiger partial charge < -0.3 is 5.32 Å². The van der Waals surface area contributed by atoms with E-state index in [4.69, 9.17) is 0 Å². The number of hydrogen-bond acceptors (Lipinski definition) is 3. The highest BCUT2D eigenvalue weighted by Gasteiger charge is 2.11. The van der Waals surface area contributed by atoms with E-state index in [1.54, 1.807) is 22.8 Å². The lowest BCUT2D eigenvalue weighted by Crippen LogP contribution is -2.30. The van der Waals surface area contributed by atoms with E-state index in [-0.39, 0.29) is 18.1 Å². The molecule has 0 atom stereocenters. The predicted molar refractivity (Wildman–Crippen MR) is 79.2 cm³/mol. The first-order valence-corrected chi connectivity index (χ1v) is 6.92. The van der Waals surface area contributed by atoms with E-state index < -0.39 is 11.6 Å². The molecule has 7 heteroatoms. The Hall–Kier alpha value is -2.28. The summed E-state index contributed by atoms with van der Waals surface area (Å²) in [4.78, 5) is 13.7. The molecule has 118 valence electrons. The number of likely N-dealkylation sites (N-methyl/N-ethyl adjacent to an activating group) is 1. The Morgan fingerprint density at radius 3 is 2.82 bits per heavy atom. The molecule has 22 heavy (non-hydrogen) atoms. The second-order valence-corrected chi connectivity index (χ2v) is 5.05. The molecule has 0 saturated heterocycles. The molecule has 0 unspecified atom stereocenters. The van der Waals surface area contributed by atoms with Gasteiger partial charge in [0.1, 0.15) is 11.6 Å². The van der Waals surface area contributed by atoms with Crippen molar-refractivity contribution in [2.75, 3.05) is 18.9 Å². The SMILES string of the molecule is CCn1cc(CN(C)CC(=O)Nc2ccc(F)cc2F)cn1. The summed E-state index contributed by atoms with van der Waals surface area (Å²) in [5.74, 6) is -1.84. The van der Waals surface area contributed by atoms with Crippen molar-refractivity contribution in [1.82, 2.24) is 14.7 Å². The number of anilines is 1. The van der Waals surface area contributed by atoms with Crippen LogP contribution in [-0.2, 0) is 17.9 Å². The first kappa shape index (κ1) is 16.1. The highest BCUT2D eigenvalue weighted by molar-refractivity contribution is 5.92. The Balaban J connectivity index is 1.88. The number of rotatable bonds is 6. The first-order valence-electron chi connectivity index (χ1n) is 6.92. The van der Waals surface area contributed by atoms with Crippen LogP contribution < -0.4 is 5.32 Å². The van der Waals surface area contributed by atoms with Crippen molar-refractivity contribution in [2.45, 2.75) is 20.0 Å². The van der Waals surface area contributed by atoms with Crippen molar-refractivity contribution in [1.29, 1.82) is 0 Å². The van der Waals surface area contributed by atoms with E-state index in [1.807, 2.05) is 13.1 Å². The van der Waals surface area contributed by atoms with Crippen molar-refractivity contribution in [3.63, 3.8) is 0 Å². The zero-order valence-corrected chi connectivity index (χ0v) is 12.5. The van der Waals surface area contributed by atoms with E-state index in [1.165, 1.54) is 6.07 Å². The first-order chi connectivity index (χ1) is 10.5. The lowest BCUT2D eigenvalue weighted by Gasteiger charge is -2.15. The van der Waals surface area contributed by atoms with Gasteiger partial charge in [0.25, 0.3) is 0 Å². The van der Waals surface area contributed by atoms with E-state index in [9.17, 15) is 13.6 Å². The van der Waals surface area contributed by atoms with Crippen molar-refractivity contribution in [2.24, 2.45) is 0 Å². The highest BCUT2D eigenvalue weighted by atomic mass is 19.1. The molecule has 0 spiro atoms. The van der Waals surface area contributed by atoms with Crippen molar-refractivity contribution in [3.05, 3.63) is 47.8 Å². The number of carbonyl (C=O) groups excluding carboxylic acids is 1. The van der Waals surface area contributed by atoms with Gasteiger partial charge in [0.05, 0.1) is 18.4 Å². The van der Waals surface area contributed by atoms with Crippen LogP contribution in [0.5, 0.6) is 0 Å². The zero-order valence-electron chi connectivity index (χ0n) is 12.5. The van der Waals surface area contributed by atoms with Gasteiger partial charge in [0, 0.05) is 30.9 Å². The molecule has 0 fully saturated rings. The molecule has 1 aromatic heterocycles. The van der Waals surface area contributed by atoms with Crippen LogP contribution in [0, 0.1) is 11.6 Å². The topological polar surface area (TPSA) is 50.2 Å². The number of carbonyl (C=O) groups is 1. The molecule has 1 heterocycles. The largest absolute Gasteiger partial charge is 0.322 e. The van der Waals surface area contributed by atoms with Crippen molar-refractivity contribution < 1.29 is 13.6 Å². The molecule has 0 aliphatic carbocycles. The average molecular weight is 308 g/mol. The molecule has 0 radical (unpaired) electrons. The number of nitrogens with zero attached hydrogens (tertiary/aromatic N) is 3. The molecular weight excluding hydrogens is 290 g/mol. The van der Waals surface area contributed by atoms with Crippen LogP contribution in [-0.4, -0.2) is 34.2 Å². The Labute approximate surface area is 127 Å². The quantitative estimate of drug-likeness (QED) is 0.890. The fourth-order valence-electron chi connectivity index (χ4n) is 2.05. The Morgan fingerprint density at radius 2 is 2.18 bits per heavy atom. The molecule has 2 rings (SSSR count). The van der Waals surface area contributed by atoms with Crippen LogP contribution in [0.2, 0.25) is 0 Å². The molecular formula is C15H18F2N4O. The molecule has 0 aliphatic heterocycles. The predicted octanol–water partition coefficient (Wildman–Crippen LogP) is 2.25. The summed E-state index contributed by atoms with van der Waals surface area (Å²) >= 11 is 0. The minimum Gasteiger partial charge on any atom is -0.322 e. The molecule has 1 N–H and O–H groups in total. The third-order valence-corrected chi connectivity index (χ3v) is 3.08. The highest BCUT2D eigenvalue weighted by Crippen LogP contribution is 2.14. The van der Waals surface area contributed by atoms with Gasteiger partial charge in [-0.25, -0.2) is 8.78 Å². The summed E-state index contributed by atoms with van der Waals surface area (Å²) in [7, 11) is 1.78. The zero-order chi connectivity index (χ0) is 16.1. The van der Waals surface area contributed by atoms with Gasteiger partial charge >= 0.3 is 0 Å². The average Bonchev–Trinajstić information content (AvgIpc) is 2.89. The molecule has 1 amide bonds. The number of hydrogen-bond donors (Lipinski definition) is 1. The summed E-state index contributed by atoms with van der Waals surface area (Å²) in [5.41, 5.74) is 0.962. The van der Waals surface area contributed by atoms with Gasteiger partial charge in [-0.05, 0) is 26.1 Å². The van der Waals surface area contributed by atoms with Crippen LogP contribution in [0.15, 0.2) is 30.6 Å². The van der Waals surface area contributed by atoms with Crippen molar-refractivity contribution >= 4 is 11.6 Å². The van der Waals surface area contributed by atoms with Gasteiger partial charge in [-0.15, -0.1) is 0 Å². The number of aryl methyl sites for hydroxylation is 1. The van der Waals surface area contributed by atoms with Crippen LogP contribution in [0.1, 0.15) is 12.5 Å². The Bertz CT molecular complexity index is 657. The van der Waals surface area contributed by atoms with E-state index in [2.05, 4.69) is 10.4 Å². The number of halogens is 2. The van der Waals surface area contributed by atoms with E-state index in [0.717, 1.165) is 24.2 Å². The Morgan fingerprint density at radius 1 is 1.41 bits per heavy atom.